The zero-order valence-corrected chi connectivity index (χ0v) is 16.4. The highest BCUT2D eigenvalue weighted by Crippen LogP contribution is 2.23. The molecule has 2 fully saturated rings. The predicted molar refractivity (Wildman–Crippen MR) is 113 cm³/mol. The van der Waals surface area contributed by atoms with E-state index in [-0.39, 0.29) is 5.82 Å². The van der Waals surface area contributed by atoms with Crippen LogP contribution in [0.5, 0.6) is 0 Å². The number of likely N-dealkylation sites (tertiary alicyclic amines) is 1. The summed E-state index contributed by atoms with van der Waals surface area (Å²) in [6.07, 6.45) is 7.94. The second-order valence-corrected chi connectivity index (χ2v) is 7.85. The third-order valence-electron chi connectivity index (χ3n) is 6.03. The number of para-hydroxylation sites is 1. The lowest BCUT2D eigenvalue weighted by molar-refractivity contribution is 0.0887. The van der Waals surface area contributed by atoms with Gasteiger partial charge in [-0.1, -0.05) is 30.2 Å². The molecule has 2 aliphatic heterocycles. The van der Waals surface area contributed by atoms with Gasteiger partial charge in [0.1, 0.15) is 5.82 Å². The average Bonchev–Trinajstić information content (AvgIpc) is 2.75. The zero-order chi connectivity index (χ0) is 19.3. The summed E-state index contributed by atoms with van der Waals surface area (Å²) in [6.45, 7) is 7.04. The minimum absolute atomic E-state index is 0.115. The Balaban J connectivity index is 1.31. The smallest absolute Gasteiger partial charge is 0.146 e. The number of hydrogen-bond acceptors (Lipinski definition) is 3. The van der Waals surface area contributed by atoms with E-state index in [0.717, 1.165) is 57.1 Å². The first kappa shape index (κ1) is 19.0. The number of benzene rings is 2. The number of piperazine rings is 1. The summed E-state index contributed by atoms with van der Waals surface area (Å²) in [7, 11) is 0. The van der Waals surface area contributed by atoms with Crippen molar-refractivity contribution in [3.63, 3.8) is 0 Å². The van der Waals surface area contributed by atoms with Crippen LogP contribution in [-0.2, 0) is 6.54 Å². The molecule has 146 valence electrons. The Morgan fingerprint density at radius 2 is 1.71 bits per heavy atom. The maximum Gasteiger partial charge on any atom is 0.146 e. The molecule has 2 aromatic carbocycles. The Hall–Kier alpha value is -2.35. The van der Waals surface area contributed by atoms with E-state index >= 15 is 0 Å². The summed E-state index contributed by atoms with van der Waals surface area (Å²) in [5, 5.41) is 0. The van der Waals surface area contributed by atoms with Gasteiger partial charge in [-0.25, -0.2) is 4.39 Å². The molecular weight excluding hydrogens is 349 g/mol. The van der Waals surface area contributed by atoms with Gasteiger partial charge < -0.3 is 4.90 Å². The van der Waals surface area contributed by atoms with Crippen LogP contribution < -0.4 is 4.90 Å². The maximum absolute atomic E-state index is 14.1. The molecule has 3 nitrogen and oxygen atoms in total. The maximum atomic E-state index is 14.1. The van der Waals surface area contributed by atoms with Gasteiger partial charge in [0, 0.05) is 50.9 Å². The first-order chi connectivity index (χ1) is 13.7. The molecule has 0 spiro atoms. The van der Waals surface area contributed by atoms with Crippen molar-refractivity contribution >= 4 is 5.69 Å². The summed E-state index contributed by atoms with van der Waals surface area (Å²) in [5.74, 6) is 2.56. The van der Waals surface area contributed by atoms with E-state index in [4.69, 9.17) is 6.42 Å². The van der Waals surface area contributed by atoms with E-state index in [2.05, 4.69) is 32.8 Å². The van der Waals surface area contributed by atoms with E-state index in [1.165, 1.54) is 18.4 Å². The van der Waals surface area contributed by atoms with Crippen LogP contribution in [0.2, 0.25) is 0 Å². The molecule has 0 saturated carbocycles. The number of rotatable bonds is 4. The number of piperidine rings is 1. The summed E-state index contributed by atoms with van der Waals surface area (Å²) >= 11 is 0. The molecule has 0 aliphatic carbocycles. The molecule has 4 rings (SSSR count). The van der Waals surface area contributed by atoms with Crippen LogP contribution in [0.3, 0.4) is 0 Å². The van der Waals surface area contributed by atoms with Gasteiger partial charge in [-0.05, 0) is 49.2 Å². The molecule has 0 radical (unpaired) electrons. The number of hydrogen-bond donors (Lipinski definition) is 0. The van der Waals surface area contributed by atoms with Gasteiger partial charge in [0.05, 0.1) is 5.69 Å². The Labute approximate surface area is 167 Å². The van der Waals surface area contributed by atoms with Crippen molar-refractivity contribution in [3.05, 3.63) is 65.5 Å². The second-order valence-electron chi connectivity index (χ2n) is 7.85. The summed E-state index contributed by atoms with van der Waals surface area (Å²) in [4.78, 5) is 7.34. The fourth-order valence-electron chi connectivity index (χ4n) is 4.47. The van der Waals surface area contributed by atoms with E-state index in [1.54, 1.807) is 12.1 Å². The second kappa shape index (κ2) is 8.77. The standard InChI is InChI=1S/C24H28FN3/c1-2-20-9-11-21(12-10-20)18-26-13-5-6-22(19-26)27-14-16-28(17-15-27)24-8-4-3-7-23(24)25/h1,3-4,7-12,22H,5-6,13-19H2. The normalized spacial score (nSPS) is 21.4. The molecule has 28 heavy (non-hydrogen) atoms. The summed E-state index contributed by atoms with van der Waals surface area (Å²) < 4.78 is 14.1. The van der Waals surface area contributed by atoms with Crippen molar-refractivity contribution in [3.8, 4) is 12.3 Å². The number of halogens is 1. The Bertz CT molecular complexity index is 818. The summed E-state index contributed by atoms with van der Waals surface area (Å²) in [6, 6.07) is 16.1. The van der Waals surface area contributed by atoms with Gasteiger partial charge >= 0.3 is 0 Å². The molecule has 0 amide bonds. The number of terminal acetylenes is 1. The van der Waals surface area contributed by atoms with E-state index < -0.39 is 0 Å². The fraction of sp³-hybridized carbons (Fsp3) is 0.417. The summed E-state index contributed by atoms with van der Waals surface area (Å²) in [5.41, 5.74) is 3.00. The van der Waals surface area contributed by atoms with E-state index in [0.29, 0.717) is 6.04 Å². The van der Waals surface area contributed by atoms with Crippen molar-refractivity contribution < 1.29 is 4.39 Å². The molecule has 0 aromatic heterocycles. The Kier molecular flexibility index (Phi) is 5.95. The lowest BCUT2D eigenvalue weighted by atomic mass is 10.0. The van der Waals surface area contributed by atoms with Gasteiger partial charge in [-0.15, -0.1) is 6.42 Å². The zero-order valence-electron chi connectivity index (χ0n) is 16.4. The van der Waals surface area contributed by atoms with Gasteiger partial charge in [-0.3, -0.25) is 9.80 Å². The molecule has 0 bridgehead atoms. The minimum Gasteiger partial charge on any atom is -0.367 e. The van der Waals surface area contributed by atoms with Crippen LogP contribution in [0, 0.1) is 18.2 Å². The highest BCUT2D eigenvalue weighted by atomic mass is 19.1. The molecule has 2 saturated heterocycles. The van der Waals surface area contributed by atoms with Crippen LogP contribution in [0.4, 0.5) is 10.1 Å². The minimum atomic E-state index is -0.115. The Morgan fingerprint density at radius 3 is 2.43 bits per heavy atom. The van der Waals surface area contributed by atoms with E-state index in [9.17, 15) is 4.39 Å². The highest BCUT2D eigenvalue weighted by Gasteiger charge is 2.28. The monoisotopic (exact) mass is 377 g/mol. The van der Waals surface area contributed by atoms with Crippen molar-refractivity contribution in [2.24, 2.45) is 0 Å². The molecule has 2 aliphatic rings. The first-order valence-corrected chi connectivity index (χ1v) is 10.2. The molecule has 1 atom stereocenters. The predicted octanol–water partition coefficient (Wildman–Crippen LogP) is 3.59. The van der Waals surface area contributed by atoms with Crippen molar-refractivity contribution in [2.75, 3.05) is 44.2 Å². The van der Waals surface area contributed by atoms with Crippen molar-refractivity contribution in [2.45, 2.75) is 25.4 Å². The van der Waals surface area contributed by atoms with Crippen LogP contribution >= 0.6 is 0 Å². The Morgan fingerprint density at radius 1 is 0.964 bits per heavy atom. The fourth-order valence-corrected chi connectivity index (χ4v) is 4.47. The molecular formula is C24H28FN3. The highest BCUT2D eigenvalue weighted by molar-refractivity contribution is 5.48. The van der Waals surface area contributed by atoms with Crippen LogP contribution in [0.1, 0.15) is 24.0 Å². The van der Waals surface area contributed by atoms with Crippen molar-refractivity contribution in [1.82, 2.24) is 9.80 Å². The molecule has 0 N–H and O–H groups in total. The van der Waals surface area contributed by atoms with Crippen LogP contribution in [0.15, 0.2) is 48.5 Å². The van der Waals surface area contributed by atoms with Crippen LogP contribution in [0.25, 0.3) is 0 Å². The molecule has 2 aromatic rings. The molecule has 1 unspecified atom stereocenters. The third-order valence-corrected chi connectivity index (χ3v) is 6.03. The SMILES string of the molecule is C#Cc1ccc(CN2CCCC(N3CCN(c4ccccc4F)CC3)C2)cc1. The van der Waals surface area contributed by atoms with E-state index in [1.807, 2.05) is 24.3 Å². The topological polar surface area (TPSA) is 9.72 Å². The lowest BCUT2D eigenvalue weighted by Crippen LogP contribution is -2.55. The van der Waals surface area contributed by atoms with Gasteiger partial charge in [0.15, 0.2) is 0 Å². The molecule has 4 heteroatoms. The third kappa shape index (κ3) is 4.38. The first-order valence-electron chi connectivity index (χ1n) is 10.2. The van der Waals surface area contributed by atoms with Gasteiger partial charge in [0.25, 0.3) is 0 Å². The van der Waals surface area contributed by atoms with Crippen molar-refractivity contribution in [1.29, 1.82) is 0 Å². The average molecular weight is 378 g/mol. The lowest BCUT2D eigenvalue weighted by Gasteiger charge is -2.44. The van der Waals surface area contributed by atoms with Crippen LogP contribution in [-0.4, -0.2) is 55.1 Å². The quantitative estimate of drug-likeness (QED) is 0.754. The van der Waals surface area contributed by atoms with Gasteiger partial charge in [0.2, 0.25) is 0 Å². The van der Waals surface area contributed by atoms with Gasteiger partial charge in [-0.2, -0.15) is 0 Å². The number of nitrogens with zero attached hydrogens (tertiary/aromatic N) is 3. The largest absolute Gasteiger partial charge is 0.367 e. The number of anilines is 1. The molecule has 2 heterocycles.